The minimum atomic E-state index is -0.883. The maximum Gasteiger partial charge on any atom is 0.305 e. The molecule has 0 aromatic carbocycles. The first-order chi connectivity index (χ1) is 7.68. The molecule has 1 rings (SSSR count). The molecule has 0 unspecified atom stereocenters. The van der Waals surface area contributed by atoms with Crippen LogP contribution < -0.4 is 10.6 Å². The Labute approximate surface area is 99.4 Å². The summed E-state index contributed by atoms with van der Waals surface area (Å²) in [7, 11) is 0. The number of carbonyl (C=O) groups is 2. The SMILES string of the molecule is O=C(O)CCNC(=O)CSC1CCNCC1. The molecule has 92 valence electrons. The smallest absolute Gasteiger partial charge is 0.305 e. The van der Waals surface area contributed by atoms with Crippen molar-refractivity contribution in [3.8, 4) is 0 Å². The van der Waals surface area contributed by atoms with Gasteiger partial charge in [0, 0.05) is 11.8 Å². The van der Waals surface area contributed by atoms with E-state index in [1.54, 1.807) is 11.8 Å². The summed E-state index contributed by atoms with van der Waals surface area (Å²) in [4.78, 5) is 21.5. The molecule has 1 saturated heterocycles. The van der Waals surface area contributed by atoms with Crippen molar-refractivity contribution in [1.29, 1.82) is 0 Å². The zero-order chi connectivity index (χ0) is 11.8. The van der Waals surface area contributed by atoms with Gasteiger partial charge >= 0.3 is 5.97 Å². The Morgan fingerprint density at radius 3 is 2.69 bits per heavy atom. The predicted octanol–water partition coefficient (Wildman–Crippen LogP) is 0.0625. The monoisotopic (exact) mass is 246 g/mol. The second kappa shape index (κ2) is 7.51. The molecule has 0 radical (unpaired) electrons. The van der Waals surface area contributed by atoms with Crippen molar-refractivity contribution < 1.29 is 14.7 Å². The summed E-state index contributed by atoms with van der Waals surface area (Å²) in [5.74, 6) is -0.513. The molecule has 5 nitrogen and oxygen atoms in total. The van der Waals surface area contributed by atoms with Crippen molar-refractivity contribution in [2.75, 3.05) is 25.4 Å². The Morgan fingerprint density at radius 2 is 2.06 bits per heavy atom. The molecular formula is C10H18N2O3S. The van der Waals surface area contributed by atoms with Gasteiger partial charge in [-0.2, -0.15) is 0 Å². The van der Waals surface area contributed by atoms with Crippen LogP contribution in [-0.2, 0) is 9.59 Å². The molecule has 1 fully saturated rings. The van der Waals surface area contributed by atoms with Crippen LogP contribution in [0.15, 0.2) is 0 Å². The van der Waals surface area contributed by atoms with Crippen molar-refractivity contribution in [2.45, 2.75) is 24.5 Å². The summed E-state index contributed by atoms with van der Waals surface area (Å²) in [5, 5.41) is 14.8. The Kier molecular flexibility index (Phi) is 6.25. The topological polar surface area (TPSA) is 78.4 Å². The number of nitrogens with one attached hydrogen (secondary N) is 2. The van der Waals surface area contributed by atoms with Crippen molar-refractivity contribution in [3.63, 3.8) is 0 Å². The van der Waals surface area contributed by atoms with Crippen molar-refractivity contribution in [2.24, 2.45) is 0 Å². The predicted molar refractivity (Wildman–Crippen MR) is 63.6 cm³/mol. The van der Waals surface area contributed by atoms with Gasteiger partial charge in [0.25, 0.3) is 0 Å². The number of amides is 1. The van der Waals surface area contributed by atoms with Crippen molar-refractivity contribution in [1.82, 2.24) is 10.6 Å². The minimum Gasteiger partial charge on any atom is -0.481 e. The summed E-state index contributed by atoms with van der Waals surface area (Å²) >= 11 is 1.66. The fourth-order valence-electron chi connectivity index (χ4n) is 1.52. The number of rotatable bonds is 6. The van der Waals surface area contributed by atoms with Crippen LogP contribution in [0.3, 0.4) is 0 Å². The third-order valence-corrected chi connectivity index (χ3v) is 3.77. The second-order valence-electron chi connectivity index (χ2n) is 3.75. The van der Waals surface area contributed by atoms with E-state index in [2.05, 4.69) is 10.6 Å². The number of piperidine rings is 1. The van der Waals surface area contributed by atoms with Crippen LogP contribution in [0.2, 0.25) is 0 Å². The number of carboxylic acid groups (broad SMARTS) is 1. The average molecular weight is 246 g/mol. The molecule has 0 aromatic rings. The third kappa shape index (κ3) is 5.97. The van der Waals surface area contributed by atoms with Crippen LogP contribution in [0.5, 0.6) is 0 Å². The van der Waals surface area contributed by atoms with Crippen LogP contribution in [0.25, 0.3) is 0 Å². The van der Waals surface area contributed by atoms with E-state index in [0.29, 0.717) is 11.0 Å². The first-order valence-electron chi connectivity index (χ1n) is 5.49. The average Bonchev–Trinajstić information content (AvgIpc) is 2.27. The number of carboxylic acids is 1. The van der Waals surface area contributed by atoms with E-state index in [-0.39, 0.29) is 18.9 Å². The quantitative estimate of drug-likeness (QED) is 0.618. The van der Waals surface area contributed by atoms with Gasteiger partial charge in [-0.3, -0.25) is 9.59 Å². The highest BCUT2D eigenvalue weighted by Gasteiger charge is 2.14. The van der Waals surface area contributed by atoms with Gasteiger partial charge in [0.05, 0.1) is 12.2 Å². The van der Waals surface area contributed by atoms with Gasteiger partial charge in [-0.05, 0) is 25.9 Å². The molecule has 1 aliphatic rings. The van der Waals surface area contributed by atoms with E-state index in [4.69, 9.17) is 5.11 Å². The Balaban J connectivity index is 2.02. The van der Waals surface area contributed by atoms with Crippen molar-refractivity contribution >= 4 is 23.6 Å². The molecular weight excluding hydrogens is 228 g/mol. The van der Waals surface area contributed by atoms with Crippen LogP contribution >= 0.6 is 11.8 Å². The molecule has 6 heteroatoms. The maximum absolute atomic E-state index is 11.3. The zero-order valence-electron chi connectivity index (χ0n) is 9.20. The summed E-state index contributed by atoms with van der Waals surface area (Å²) < 4.78 is 0. The van der Waals surface area contributed by atoms with Gasteiger partial charge in [0.1, 0.15) is 0 Å². The Morgan fingerprint density at radius 1 is 1.38 bits per heavy atom. The minimum absolute atomic E-state index is 0.0102. The largest absolute Gasteiger partial charge is 0.481 e. The van der Waals surface area contributed by atoms with Crippen LogP contribution in [0.1, 0.15) is 19.3 Å². The standard InChI is InChI=1S/C10H18N2O3S/c13-9(12-6-3-10(14)15)7-16-8-1-4-11-5-2-8/h8,11H,1-7H2,(H,12,13)(H,14,15). The number of aliphatic carboxylic acids is 1. The highest BCUT2D eigenvalue weighted by molar-refractivity contribution is 8.00. The number of thioether (sulfide) groups is 1. The molecule has 3 N–H and O–H groups in total. The Bertz CT molecular complexity index is 242. The maximum atomic E-state index is 11.3. The Hall–Kier alpha value is -0.750. The van der Waals surface area contributed by atoms with Gasteiger partial charge in [-0.1, -0.05) is 0 Å². The zero-order valence-corrected chi connectivity index (χ0v) is 10.0. The van der Waals surface area contributed by atoms with Crippen LogP contribution in [-0.4, -0.2) is 47.6 Å². The first kappa shape index (κ1) is 13.3. The lowest BCUT2D eigenvalue weighted by molar-refractivity contribution is -0.136. The molecule has 1 aliphatic heterocycles. The third-order valence-electron chi connectivity index (χ3n) is 2.40. The van der Waals surface area contributed by atoms with Gasteiger partial charge in [-0.15, -0.1) is 11.8 Å². The molecule has 0 saturated carbocycles. The van der Waals surface area contributed by atoms with E-state index >= 15 is 0 Å². The highest BCUT2D eigenvalue weighted by Crippen LogP contribution is 2.19. The summed E-state index contributed by atoms with van der Waals surface area (Å²) in [6.07, 6.45) is 2.20. The van der Waals surface area contributed by atoms with Gasteiger partial charge in [0.2, 0.25) is 5.91 Å². The molecule has 0 spiro atoms. The summed E-state index contributed by atoms with van der Waals surface area (Å²) in [5.41, 5.74) is 0. The van der Waals surface area contributed by atoms with E-state index in [1.165, 1.54) is 0 Å². The fourth-order valence-corrected chi connectivity index (χ4v) is 2.57. The van der Waals surface area contributed by atoms with Gasteiger partial charge < -0.3 is 15.7 Å². The summed E-state index contributed by atoms with van der Waals surface area (Å²) in [6.45, 7) is 2.28. The van der Waals surface area contributed by atoms with Crippen molar-refractivity contribution in [3.05, 3.63) is 0 Å². The number of carbonyl (C=O) groups excluding carboxylic acids is 1. The molecule has 0 atom stereocenters. The lowest BCUT2D eigenvalue weighted by atomic mass is 10.2. The lowest BCUT2D eigenvalue weighted by Gasteiger charge is -2.21. The fraction of sp³-hybridized carbons (Fsp3) is 0.800. The van der Waals surface area contributed by atoms with E-state index in [9.17, 15) is 9.59 Å². The van der Waals surface area contributed by atoms with E-state index in [1.807, 2.05) is 0 Å². The molecule has 0 aliphatic carbocycles. The molecule has 0 aromatic heterocycles. The molecule has 16 heavy (non-hydrogen) atoms. The number of hydrogen-bond donors (Lipinski definition) is 3. The van der Waals surface area contributed by atoms with Crippen LogP contribution in [0.4, 0.5) is 0 Å². The number of hydrogen-bond acceptors (Lipinski definition) is 4. The normalized spacial score (nSPS) is 17.0. The highest BCUT2D eigenvalue weighted by atomic mass is 32.2. The summed E-state index contributed by atoms with van der Waals surface area (Å²) in [6, 6.07) is 0. The molecule has 0 bridgehead atoms. The molecule has 1 amide bonds. The van der Waals surface area contributed by atoms with Gasteiger partial charge in [0.15, 0.2) is 0 Å². The van der Waals surface area contributed by atoms with Crippen LogP contribution in [0, 0.1) is 0 Å². The van der Waals surface area contributed by atoms with Gasteiger partial charge in [-0.25, -0.2) is 0 Å². The lowest BCUT2D eigenvalue weighted by Crippen LogP contribution is -2.32. The molecule has 1 heterocycles. The first-order valence-corrected chi connectivity index (χ1v) is 6.54. The second-order valence-corrected chi connectivity index (χ2v) is 5.04. The van der Waals surface area contributed by atoms with E-state index < -0.39 is 5.97 Å². The van der Waals surface area contributed by atoms with E-state index in [0.717, 1.165) is 25.9 Å².